The predicted octanol–water partition coefficient (Wildman–Crippen LogP) is 3.18. The summed E-state index contributed by atoms with van der Waals surface area (Å²) >= 11 is 3.37. The molecule has 1 aliphatic carbocycles. The lowest BCUT2D eigenvalue weighted by molar-refractivity contribution is 0.410. The first-order valence-corrected chi connectivity index (χ1v) is 6.24. The van der Waals surface area contributed by atoms with Gasteiger partial charge in [-0.3, -0.25) is 0 Å². The Balaban J connectivity index is 2.16. The third-order valence-electron chi connectivity index (χ3n) is 2.99. The molecule has 0 radical (unpaired) electrons. The van der Waals surface area contributed by atoms with Gasteiger partial charge in [0.15, 0.2) is 0 Å². The molecule has 0 saturated heterocycles. The SMILES string of the molecule is C=C(Br)CNC1CCc2c(OC)cccc21. The van der Waals surface area contributed by atoms with Gasteiger partial charge in [0, 0.05) is 17.1 Å². The molecule has 2 rings (SSSR count). The second-order valence-corrected chi connectivity index (χ2v) is 5.14. The van der Waals surface area contributed by atoms with Gasteiger partial charge in [-0.1, -0.05) is 34.6 Å². The number of ether oxygens (including phenoxy) is 1. The largest absolute Gasteiger partial charge is 0.496 e. The van der Waals surface area contributed by atoms with Crippen LogP contribution in [-0.2, 0) is 6.42 Å². The number of halogens is 1. The van der Waals surface area contributed by atoms with Crippen LogP contribution in [0.3, 0.4) is 0 Å². The van der Waals surface area contributed by atoms with Crippen LogP contribution in [0.5, 0.6) is 5.75 Å². The Morgan fingerprint density at radius 3 is 3.12 bits per heavy atom. The van der Waals surface area contributed by atoms with Crippen LogP contribution in [0.25, 0.3) is 0 Å². The van der Waals surface area contributed by atoms with Gasteiger partial charge in [0.1, 0.15) is 5.75 Å². The molecule has 86 valence electrons. The minimum absolute atomic E-state index is 0.430. The molecule has 3 heteroatoms. The number of methoxy groups -OCH3 is 1. The van der Waals surface area contributed by atoms with Crippen molar-refractivity contribution in [3.63, 3.8) is 0 Å². The smallest absolute Gasteiger partial charge is 0.122 e. The maximum atomic E-state index is 5.38. The number of fused-ring (bicyclic) bond motifs is 1. The zero-order valence-electron chi connectivity index (χ0n) is 9.42. The summed E-state index contributed by atoms with van der Waals surface area (Å²) in [7, 11) is 1.73. The van der Waals surface area contributed by atoms with Gasteiger partial charge < -0.3 is 10.1 Å². The Bertz CT molecular complexity index is 403. The van der Waals surface area contributed by atoms with Crippen molar-refractivity contribution in [3.8, 4) is 5.75 Å². The molecular formula is C13H16BrNO. The number of benzene rings is 1. The minimum Gasteiger partial charge on any atom is -0.496 e. The second kappa shape index (κ2) is 5.02. The second-order valence-electron chi connectivity index (χ2n) is 4.02. The number of hydrogen-bond acceptors (Lipinski definition) is 2. The molecule has 1 unspecified atom stereocenters. The minimum atomic E-state index is 0.430. The average Bonchev–Trinajstić information content (AvgIpc) is 2.69. The van der Waals surface area contributed by atoms with E-state index in [0.29, 0.717) is 6.04 Å². The van der Waals surface area contributed by atoms with Crippen LogP contribution in [-0.4, -0.2) is 13.7 Å². The van der Waals surface area contributed by atoms with E-state index in [2.05, 4.69) is 40.0 Å². The van der Waals surface area contributed by atoms with Crippen molar-refractivity contribution >= 4 is 15.9 Å². The van der Waals surface area contributed by atoms with Gasteiger partial charge in [0.2, 0.25) is 0 Å². The Morgan fingerprint density at radius 1 is 1.62 bits per heavy atom. The number of nitrogens with one attached hydrogen (secondary N) is 1. The molecule has 1 aromatic rings. The Hall–Kier alpha value is -0.800. The monoisotopic (exact) mass is 281 g/mol. The highest BCUT2D eigenvalue weighted by Crippen LogP contribution is 2.36. The molecule has 1 N–H and O–H groups in total. The van der Waals surface area contributed by atoms with Crippen LogP contribution in [0, 0.1) is 0 Å². The number of hydrogen-bond donors (Lipinski definition) is 1. The molecule has 0 aliphatic heterocycles. The molecule has 0 bridgehead atoms. The summed E-state index contributed by atoms with van der Waals surface area (Å²) in [6, 6.07) is 6.70. The van der Waals surface area contributed by atoms with Crippen molar-refractivity contribution in [2.45, 2.75) is 18.9 Å². The molecule has 0 saturated carbocycles. The fourth-order valence-corrected chi connectivity index (χ4v) is 2.42. The lowest BCUT2D eigenvalue weighted by atomic mass is 10.1. The molecular weight excluding hydrogens is 266 g/mol. The highest BCUT2D eigenvalue weighted by Gasteiger charge is 2.24. The van der Waals surface area contributed by atoms with Gasteiger partial charge in [0.25, 0.3) is 0 Å². The van der Waals surface area contributed by atoms with E-state index in [0.717, 1.165) is 29.6 Å². The summed E-state index contributed by atoms with van der Waals surface area (Å²) in [6.45, 7) is 4.64. The fraction of sp³-hybridized carbons (Fsp3) is 0.385. The zero-order valence-corrected chi connectivity index (χ0v) is 11.0. The van der Waals surface area contributed by atoms with Crippen molar-refractivity contribution in [2.24, 2.45) is 0 Å². The first kappa shape index (κ1) is 11.7. The number of rotatable bonds is 4. The molecule has 0 amide bonds. The van der Waals surface area contributed by atoms with E-state index in [9.17, 15) is 0 Å². The van der Waals surface area contributed by atoms with E-state index in [1.54, 1.807) is 7.11 Å². The molecule has 16 heavy (non-hydrogen) atoms. The van der Waals surface area contributed by atoms with Crippen molar-refractivity contribution in [2.75, 3.05) is 13.7 Å². The molecule has 2 nitrogen and oxygen atoms in total. The Morgan fingerprint density at radius 2 is 2.44 bits per heavy atom. The van der Waals surface area contributed by atoms with Crippen molar-refractivity contribution < 1.29 is 4.74 Å². The van der Waals surface area contributed by atoms with Gasteiger partial charge in [-0.05, 0) is 30.0 Å². The Kier molecular flexibility index (Phi) is 3.66. The van der Waals surface area contributed by atoms with E-state index in [1.165, 1.54) is 11.1 Å². The molecule has 0 aromatic heterocycles. The van der Waals surface area contributed by atoms with Crippen molar-refractivity contribution in [1.82, 2.24) is 5.32 Å². The molecule has 1 aliphatic rings. The molecule has 0 spiro atoms. The third kappa shape index (κ3) is 2.30. The zero-order chi connectivity index (χ0) is 11.5. The van der Waals surface area contributed by atoms with E-state index >= 15 is 0 Å². The van der Waals surface area contributed by atoms with Gasteiger partial charge in [-0.2, -0.15) is 0 Å². The van der Waals surface area contributed by atoms with E-state index < -0.39 is 0 Å². The summed E-state index contributed by atoms with van der Waals surface area (Å²) in [5.74, 6) is 1.01. The normalized spacial score (nSPS) is 18.2. The summed E-state index contributed by atoms with van der Waals surface area (Å²) in [4.78, 5) is 0. The quantitative estimate of drug-likeness (QED) is 0.915. The van der Waals surface area contributed by atoms with E-state index in [-0.39, 0.29) is 0 Å². The van der Waals surface area contributed by atoms with Crippen LogP contribution in [0.15, 0.2) is 29.3 Å². The lowest BCUT2D eigenvalue weighted by Crippen LogP contribution is -2.20. The Labute approximate surface area is 105 Å². The molecule has 0 heterocycles. The highest BCUT2D eigenvalue weighted by atomic mass is 79.9. The third-order valence-corrected chi connectivity index (χ3v) is 3.27. The van der Waals surface area contributed by atoms with Crippen molar-refractivity contribution in [3.05, 3.63) is 40.4 Å². The fourth-order valence-electron chi connectivity index (χ4n) is 2.26. The van der Waals surface area contributed by atoms with Crippen LogP contribution in [0.1, 0.15) is 23.6 Å². The first-order chi connectivity index (χ1) is 7.72. The van der Waals surface area contributed by atoms with Gasteiger partial charge in [-0.25, -0.2) is 0 Å². The van der Waals surface area contributed by atoms with Crippen LogP contribution >= 0.6 is 15.9 Å². The van der Waals surface area contributed by atoms with Crippen LogP contribution in [0.4, 0.5) is 0 Å². The predicted molar refractivity (Wildman–Crippen MR) is 70.1 cm³/mol. The first-order valence-electron chi connectivity index (χ1n) is 5.45. The van der Waals surface area contributed by atoms with E-state index in [4.69, 9.17) is 4.74 Å². The van der Waals surface area contributed by atoms with Crippen LogP contribution < -0.4 is 10.1 Å². The van der Waals surface area contributed by atoms with Gasteiger partial charge >= 0.3 is 0 Å². The maximum Gasteiger partial charge on any atom is 0.122 e. The van der Waals surface area contributed by atoms with E-state index in [1.807, 2.05) is 6.07 Å². The summed E-state index contributed by atoms with van der Waals surface area (Å²) in [5, 5.41) is 3.49. The molecule has 0 fully saturated rings. The van der Waals surface area contributed by atoms with Gasteiger partial charge in [0.05, 0.1) is 7.11 Å². The maximum absolute atomic E-state index is 5.38. The van der Waals surface area contributed by atoms with Crippen LogP contribution in [0.2, 0.25) is 0 Å². The lowest BCUT2D eigenvalue weighted by Gasteiger charge is -2.14. The highest BCUT2D eigenvalue weighted by molar-refractivity contribution is 9.11. The average molecular weight is 282 g/mol. The molecule has 1 aromatic carbocycles. The summed E-state index contributed by atoms with van der Waals surface area (Å²) in [5.41, 5.74) is 2.72. The summed E-state index contributed by atoms with van der Waals surface area (Å²) < 4.78 is 6.37. The molecule has 1 atom stereocenters. The van der Waals surface area contributed by atoms with Crippen molar-refractivity contribution in [1.29, 1.82) is 0 Å². The topological polar surface area (TPSA) is 21.3 Å². The standard InChI is InChI=1S/C13H16BrNO/c1-9(14)8-15-12-7-6-11-10(12)4-3-5-13(11)16-2/h3-5,12,15H,1,6-8H2,2H3. The van der Waals surface area contributed by atoms with Gasteiger partial charge in [-0.15, -0.1) is 0 Å². The summed E-state index contributed by atoms with van der Waals surface area (Å²) in [6.07, 6.45) is 2.22.